The van der Waals surface area contributed by atoms with Crippen LogP contribution in [0.1, 0.15) is 34.1 Å². The Bertz CT molecular complexity index is 467. The van der Waals surface area contributed by atoms with Crippen molar-refractivity contribution in [3.8, 4) is 0 Å². The van der Waals surface area contributed by atoms with Crippen LogP contribution in [0.15, 0.2) is 12.7 Å². The molecule has 0 radical (unpaired) electrons. The monoisotopic (exact) mass is 314 g/mol. The number of hydrogen-bond donors (Lipinski definition) is 1. The van der Waals surface area contributed by atoms with Crippen molar-refractivity contribution in [1.29, 1.82) is 0 Å². The lowest BCUT2D eigenvalue weighted by molar-refractivity contribution is -0.131. The molecule has 0 aliphatic rings. The van der Waals surface area contributed by atoms with Gasteiger partial charge in [-0.2, -0.15) is 0 Å². The molecule has 6 nitrogen and oxygen atoms in total. The van der Waals surface area contributed by atoms with Gasteiger partial charge in [0.1, 0.15) is 0 Å². The van der Waals surface area contributed by atoms with Gasteiger partial charge in [-0.05, 0) is 13.3 Å². The molecule has 0 amide bonds. The van der Waals surface area contributed by atoms with Crippen molar-refractivity contribution in [2.75, 3.05) is 11.5 Å². The molecule has 0 rings (SSSR count). The maximum absolute atomic E-state index is 11.7. The van der Waals surface area contributed by atoms with E-state index >= 15 is 0 Å². The smallest absolute Gasteiger partial charge is 0.327 e. The van der Waals surface area contributed by atoms with E-state index in [0.717, 1.165) is 6.08 Å². The standard InChI is InChI=1S/C8H18O4S2.C3H4O2/c1-5-8(4,13(9,10)6-2)14(11,12)7-3;1-2-3(4)5/h5-7H2,1-4H3;2H,1H2,(H,4,5). The summed E-state index contributed by atoms with van der Waals surface area (Å²) in [4.78, 5) is 9.25. The molecule has 0 unspecified atom stereocenters. The van der Waals surface area contributed by atoms with Crippen LogP contribution in [0.2, 0.25) is 0 Å². The minimum absolute atomic E-state index is 0.0966. The normalized spacial score (nSPS) is 12.2. The largest absolute Gasteiger partial charge is 0.478 e. The molecule has 0 saturated heterocycles. The molecule has 114 valence electrons. The van der Waals surface area contributed by atoms with Crippen LogP contribution in [0.3, 0.4) is 0 Å². The van der Waals surface area contributed by atoms with E-state index in [0.29, 0.717) is 0 Å². The van der Waals surface area contributed by atoms with Gasteiger partial charge >= 0.3 is 5.97 Å². The Kier molecular flexibility index (Phi) is 8.21. The summed E-state index contributed by atoms with van der Waals surface area (Å²) in [5, 5.41) is 7.60. The molecule has 0 aromatic heterocycles. The molecule has 19 heavy (non-hydrogen) atoms. The first-order valence-corrected chi connectivity index (χ1v) is 9.06. The predicted octanol–water partition coefficient (Wildman–Crippen LogP) is 1.24. The summed E-state index contributed by atoms with van der Waals surface area (Å²) in [6, 6.07) is 0. The number of rotatable bonds is 6. The molecule has 0 aliphatic heterocycles. The molecule has 0 spiro atoms. The van der Waals surface area contributed by atoms with Crippen LogP contribution >= 0.6 is 0 Å². The van der Waals surface area contributed by atoms with Gasteiger partial charge in [0.15, 0.2) is 23.8 Å². The summed E-state index contributed by atoms with van der Waals surface area (Å²) >= 11 is 0. The van der Waals surface area contributed by atoms with Crippen molar-refractivity contribution < 1.29 is 26.7 Å². The van der Waals surface area contributed by atoms with Gasteiger partial charge in [-0.15, -0.1) is 0 Å². The van der Waals surface area contributed by atoms with E-state index < -0.39 is 29.7 Å². The fourth-order valence-corrected chi connectivity index (χ4v) is 5.60. The molecule has 0 atom stereocenters. The average molecular weight is 314 g/mol. The Balaban J connectivity index is 0. The fourth-order valence-electron chi connectivity index (χ4n) is 1.24. The maximum atomic E-state index is 11.7. The van der Waals surface area contributed by atoms with Crippen LogP contribution in [0.4, 0.5) is 0 Å². The van der Waals surface area contributed by atoms with Gasteiger partial charge in [-0.1, -0.05) is 27.4 Å². The summed E-state index contributed by atoms with van der Waals surface area (Å²) in [6.45, 7) is 8.77. The topological polar surface area (TPSA) is 106 Å². The second kappa shape index (κ2) is 7.64. The first kappa shape index (κ1) is 20.4. The highest BCUT2D eigenvalue weighted by molar-refractivity contribution is 8.10. The molecule has 0 aromatic rings. The van der Waals surface area contributed by atoms with Crippen molar-refractivity contribution >= 4 is 25.6 Å². The van der Waals surface area contributed by atoms with Crippen molar-refractivity contribution in [3.63, 3.8) is 0 Å². The van der Waals surface area contributed by atoms with Crippen molar-refractivity contribution in [3.05, 3.63) is 12.7 Å². The SMILES string of the molecule is C=CC(=O)O.CCC(C)(S(=O)(=O)CC)S(=O)(=O)CC. The van der Waals surface area contributed by atoms with E-state index in [2.05, 4.69) is 6.58 Å². The Morgan fingerprint density at radius 2 is 1.37 bits per heavy atom. The van der Waals surface area contributed by atoms with Gasteiger partial charge in [0.05, 0.1) is 0 Å². The molecule has 0 heterocycles. The van der Waals surface area contributed by atoms with E-state index in [1.165, 1.54) is 20.8 Å². The third-order valence-corrected chi connectivity index (χ3v) is 9.15. The van der Waals surface area contributed by atoms with Crippen LogP contribution in [0.5, 0.6) is 0 Å². The summed E-state index contributed by atoms with van der Waals surface area (Å²) in [5.41, 5.74) is 0. The highest BCUT2D eigenvalue weighted by Gasteiger charge is 2.47. The average Bonchev–Trinajstić information content (AvgIpc) is 2.37. The van der Waals surface area contributed by atoms with E-state index in [-0.39, 0.29) is 17.9 Å². The molecule has 8 heteroatoms. The summed E-state index contributed by atoms with van der Waals surface area (Å²) in [7, 11) is -7.14. The Morgan fingerprint density at radius 3 is 1.47 bits per heavy atom. The van der Waals surface area contributed by atoms with Gasteiger partial charge in [0, 0.05) is 17.6 Å². The van der Waals surface area contributed by atoms with Crippen molar-refractivity contribution in [1.82, 2.24) is 0 Å². The van der Waals surface area contributed by atoms with E-state index in [4.69, 9.17) is 5.11 Å². The van der Waals surface area contributed by atoms with Crippen LogP contribution in [-0.2, 0) is 24.5 Å². The number of sulfone groups is 2. The van der Waals surface area contributed by atoms with Gasteiger partial charge in [0.25, 0.3) is 0 Å². The molecule has 1 N–H and O–H groups in total. The van der Waals surface area contributed by atoms with Crippen LogP contribution in [0.25, 0.3) is 0 Å². The number of carbonyl (C=O) groups is 1. The van der Waals surface area contributed by atoms with Crippen molar-refractivity contribution in [2.45, 2.75) is 38.2 Å². The predicted molar refractivity (Wildman–Crippen MR) is 75.5 cm³/mol. The quantitative estimate of drug-likeness (QED) is 0.739. The zero-order valence-electron chi connectivity index (χ0n) is 11.7. The second-order valence-electron chi connectivity index (χ2n) is 3.84. The summed E-state index contributed by atoms with van der Waals surface area (Å²) in [6.07, 6.45) is 0.930. The molecular formula is C11H22O6S2. The number of hydrogen-bond acceptors (Lipinski definition) is 5. The number of aliphatic carboxylic acids is 1. The minimum Gasteiger partial charge on any atom is -0.478 e. The van der Waals surface area contributed by atoms with Gasteiger partial charge in [-0.25, -0.2) is 21.6 Å². The van der Waals surface area contributed by atoms with Gasteiger partial charge < -0.3 is 5.11 Å². The van der Waals surface area contributed by atoms with Crippen LogP contribution in [-0.4, -0.2) is 43.5 Å². The third-order valence-electron chi connectivity index (χ3n) is 2.89. The second-order valence-corrected chi connectivity index (χ2v) is 9.51. The molecule has 0 bridgehead atoms. The van der Waals surface area contributed by atoms with E-state index in [1.807, 2.05) is 0 Å². The molecule has 0 fully saturated rings. The van der Waals surface area contributed by atoms with Gasteiger partial charge in [0.2, 0.25) is 0 Å². The lowest BCUT2D eigenvalue weighted by Crippen LogP contribution is -2.44. The zero-order chi connectivity index (χ0) is 15.9. The molecule has 0 aromatic carbocycles. The summed E-state index contributed by atoms with van der Waals surface area (Å²) < 4.78 is 45.1. The lowest BCUT2D eigenvalue weighted by Gasteiger charge is -2.26. The fraction of sp³-hybridized carbons (Fsp3) is 0.727. The third kappa shape index (κ3) is 4.94. The molecular weight excluding hydrogens is 292 g/mol. The number of carboxylic acid groups (broad SMARTS) is 1. The van der Waals surface area contributed by atoms with Crippen LogP contribution in [0, 0.1) is 0 Å². The Hall–Kier alpha value is -0.890. The Morgan fingerprint density at radius 1 is 1.11 bits per heavy atom. The Labute approximate surface area is 115 Å². The maximum Gasteiger partial charge on any atom is 0.327 e. The van der Waals surface area contributed by atoms with E-state index in [9.17, 15) is 21.6 Å². The first-order chi connectivity index (χ1) is 8.45. The van der Waals surface area contributed by atoms with Gasteiger partial charge in [-0.3, -0.25) is 0 Å². The van der Waals surface area contributed by atoms with E-state index in [1.54, 1.807) is 6.92 Å². The zero-order valence-corrected chi connectivity index (χ0v) is 13.3. The van der Waals surface area contributed by atoms with Crippen LogP contribution < -0.4 is 0 Å². The molecule has 0 aliphatic carbocycles. The first-order valence-electron chi connectivity index (χ1n) is 5.75. The highest BCUT2D eigenvalue weighted by Crippen LogP contribution is 2.29. The lowest BCUT2D eigenvalue weighted by atomic mass is 10.4. The molecule has 0 saturated carbocycles. The highest BCUT2D eigenvalue weighted by atomic mass is 32.3. The minimum atomic E-state index is -3.57. The number of carboxylic acids is 1. The van der Waals surface area contributed by atoms with Crippen molar-refractivity contribution in [2.24, 2.45) is 0 Å². The summed E-state index contributed by atoms with van der Waals surface area (Å²) in [5.74, 6) is -1.27.